The van der Waals surface area contributed by atoms with Crippen molar-refractivity contribution in [2.24, 2.45) is 34.5 Å². The van der Waals surface area contributed by atoms with Gasteiger partial charge in [-0.15, -0.1) is 0 Å². The summed E-state index contributed by atoms with van der Waals surface area (Å²) in [5.41, 5.74) is -0.510. The van der Waals surface area contributed by atoms with Crippen LogP contribution in [-0.2, 0) is 23.9 Å². The fourth-order valence-electron chi connectivity index (χ4n) is 3.76. The summed E-state index contributed by atoms with van der Waals surface area (Å²) in [4.78, 5) is 33.9. The topological polar surface area (TPSA) is 89.9 Å². The SMILES string of the molecule is CC(=O)O.CC1C=CC(C(C)C(=O)OCCOC(=O)C(C)(CC(C)(C)C)C(C)C)CC1. The van der Waals surface area contributed by atoms with E-state index >= 15 is 0 Å². The summed E-state index contributed by atoms with van der Waals surface area (Å²) < 4.78 is 10.8. The lowest BCUT2D eigenvalue weighted by Gasteiger charge is -2.36. The molecule has 0 spiro atoms. The van der Waals surface area contributed by atoms with Crippen molar-refractivity contribution >= 4 is 17.9 Å². The summed E-state index contributed by atoms with van der Waals surface area (Å²) in [7, 11) is 0. The number of carbonyl (C=O) groups is 3. The zero-order valence-electron chi connectivity index (χ0n) is 21.0. The number of hydrogen-bond donors (Lipinski definition) is 1. The van der Waals surface area contributed by atoms with Crippen LogP contribution >= 0.6 is 0 Å². The second-order valence-corrected chi connectivity index (χ2v) is 10.5. The normalized spacial score (nSPS) is 21.4. The molecule has 1 aliphatic carbocycles. The van der Waals surface area contributed by atoms with E-state index in [1.54, 1.807) is 0 Å². The van der Waals surface area contributed by atoms with Gasteiger partial charge in [-0.1, -0.05) is 60.6 Å². The molecule has 0 aromatic carbocycles. The van der Waals surface area contributed by atoms with E-state index in [1.807, 2.05) is 27.7 Å². The van der Waals surface area contributed by atoms with Gasteiger partial charge in [-0.3, -0.25) is 14.4 Å². The number of carboxylic acids is 1. The van der Waals surface area contributed by atoms with Gasteiger partial charge in [-0.25, -0.2) is 0 Å². The zero-order valence-corrected chi connectivity index (χ0v) is 21.0. The van der Waals surface area contributed by atoms with E-state index in [1.165, 1.54) is 0 Å². The van der Waals surface area contributed by atoms with Gasteiger partial charge in [0, 0.05) is 6.92 Å². The lowest BCUT2D eigenvalue weighted by Crippen LogP contribution is -2.39. The molecule has 31 heavy (non-hydrogen) atoms. The minimum absolute atomic E-state index is 0.0327. The molecular weight excluding hydrogens is 396 g/mol. The van der Waals surface area contributed by atoms with Crippen LogP contribution in [0.15, 0.2) is 12.2 Å². The highest BCUT2D eigenvalue weighted by atomic mass is 16.6. The minimum atomic E-state index is -0.833. The average molecular weight is 441 g/mol. The predicted octanol–water partition coefficient (Wildman–Crippen LogP) is 5.50. The van der Waals surface area contributed by atoms with Gasteiger partial charge in [0.1, 0.15) is 13.2 Å². The summed E-state index contributed by atoms with van der Waals surface area (Å²) in [6.07, 6.45) is 7.20. The van der Waals surface area contributed by atoms with Gasteiger partial charge in [-0.05, 0) is 49.4 Å². The van der Waals surface area contributed by atoms with Crippen LogP contribution in [0.25, 0.3) is 0 Å². The first kappa shape index (κ1) is 29.1. The number of allylic oxidation sites excluding steroid dienone is 2. The molecule has 0 heterocycles. The van der Waals surface area contributed by atoms with Crippen molar-refractivity contribution in [1.82, 2.24) is 0 Å². The molecule has 0 aliphatic heterocycles. The van der Waals surface area contributed by atoms with Crippen LogP contribution in [0.5, 0.6) is 0 Å². The fraction of sp³-hybridized carbons (Fsp3) is 0.800. The summed E-state index contributed by atoms with van der Waals surface area (Å²) in [5.74, 6) is -0.407. The molecule has 1 rings (SSSR count). The molecule has 1 N–H and O–H groups in total. The molecule has 0 saturated heterocycles. The Balaban J connectivity index is 0.00000206. The van der Waals surface area contributed by atoms with Gasteiger partial charge in [0.05, 0.1) is 11.3 Å². The Labute approximate surface area is 188 Å². The zero-order chi connectivity index (χ0) is 24.4. The monoisotopic (exact) mass is 440 g/mol. The van der Waals surface area contributed by atoms with E-state index in [4.69, 9.17) is 19.4 Å². The molecule has 180 valence electrons. The van der Waals surface area contributed by atoms with Crippen molar-refractivity contribution < 1.29 is 29.0 Å². The van der Waals surface area contributed by atoms with Crippen molar-refractivity contribution in [3.63, 3.8) is 0 Å². The largest absolute Gasteiger partial charge is 0.481 e. The number of hydrogen-bond acceptors (Lipinski definition) is 5. The van der Waals surface area contributed by atoms with Crippen LogP contribution in [0.3, 0.4) is 0 Å². The van der Waals surface area contributed by atoms with E-state index in [2.05, 4.69) is 39.8 Å². The van der Waals surface area contributed by atoms with Crippen LogP contribution in [0.2, 0.25) is 0 Å². The number of ether oxygens (including phenoxy) is 2. The quantitative estimate of drug-likeness (QED) is 0.304. The molecule has 6 nitrogen and oxygen atoms in total. The molecule has 0 bridgehead atoms. The Morgan fingerprint density at radius 2 is 1.52 bits per heavy atom. The molecule has 0 amide bonds. The summed E-state index contributed by atoms with van der Waals surface area (Å²) in [6, 6.07) is 0. The summed E-state index contributed by atoms with van der Waals surface area (Å²) in [5, 5.41) is 7.42. The van der Waals surface area contributed by atoms with Crippen LogP contribution in [0.1, 0.15) is 81.6 Å². The number of carboxylic acid groups (broad SMARTS) is 1. The molecule has 4 atom stereocenters. The van der Waals surface area contributed by atoms with E-state index in [0.717, 1.165) is 26.2 Å². The van der Waals surface area contributed by atoms with Gasteiger partial charge in [0.2, 0.25) is 0 Å². The molecular formula is C25H44O6. The van der Waals surface area contributed by atoms with E-state index in [-0.39, 0.29) is 48.3 Å². The maximum Gasteiger partial charge on any atom is 0.312 e. The van der Waals surface area contributed by atoms with Gasteiger partial charge < -0.3 is 14.6 Å². The van der Waals surface area contributed by atoms with Crippen molar-refractivity contribution in [1.29, 1.82) is 0 Å². The van der Waals surface area contributed by atoms with Crippen LogP contribution in [0.4, 0.5) is 0 Å². The smallest absolute Gasteiger partial charge is 0.312 e. The highest BCUT2D eigenvalue weighted by Gasteiger charge is 2.41. The molecule has 1 aliphatic rings. The van der Waals surface area contributed by atoms with E-state index in [9.17, 15) is 9.59 Å². The lowest BCUT2D eigenvalue weighted by molar-refractivity contribution is -0.165. The van der Waals surface area contributed by atoms with Gasteiger partial charge in [-0.2, -0.15) is 0 Å². The third-order valence-corrected chi connectivity index (χ3v) is 5.86. The van der Waals surface area contributed by atoms with Gasteiger partial charge in [0.15, 0.2) is 0 Å². The molecule has 0 saturated carbocycles. The van der Waals surface area contributed by atoms with Crippen molar-refractivity contribution in [3.05, 3.63) is 12.2 Å². The highest BCUT2D eigenvalue weighted by Crippen LogP contribution is 2.40. The van der Waals surface area contributed by atoms with Crippen molar-refractivity contribution in [2.45, 2.75) is 81.6 Å². The van der Waals surface area contributed by atoms with Gasteiger partial charge in [0.25, 0.3) is 5.97 Å². The summed E-state index contributed by atoms with van der Waals surface area (Å²) >= 11 is 0. The second kappa shape index (κ2) is 12.9. The molecule has 4 unspecified atom stereocenters. The Kier molecular flexibility index (Phi) is 12.1. The molecule has 0 fully saturated rings. The Morgan fingerprint density at radius 1 is 1.00 bits per heavy atom. The van der Waals surface area contributed by atoms with E-state index in [0.29, 0.717) is 5.92 Å². The lowest BCUT2D eigenvalue weighted by atomic mass is 9.69. The average Bonchev–Trinajstić information content (AvgIpc) is 2.62. The number of carbonyl (C=O) groups excluding carboxylic acids is 2. The van der Waals surface area contributed by atoms with Crippen LogP contribution in [0, 0.1) is 34.5 Å². The van der Waals surface area contributed by atoms with Gasteiger partial charge >= 0.3 is 11.9 Å². The fourth-order valence-corrected chi connectivity index (χ4v) is 3.76. The summed E-state index contributed by atoms with van der Waals surface area (Å²) in [6.45, 7) is 17.9. The van der Waals surface area contributed by atoms with E-state index < -0.39 is 11.4 Å². The Morgan fingerprint density at radius 3 is 1.94 bits per heavy atom. The Hall–Kier alpha value is -1.85. The van der Waals surface area contributed by atoms with Crippen LogP contribution < -0.4 is 0 Å². The highest BCUT2D eigenvalue weighted by molar-refractivity contribution is 5.77. The molecule has 0 aromatic heterocycles. The predicted molar refractivity (Wildman–Crippen MR) is 122 cm³/mol. The third-order valence-electron chi connectivity index (χ3n) is 5.86. The standard InChI is InChI=1S/C23H40O4.C2H4O2/c1-16(2)23(8,15-22(5,6)7)21(25)27-14-13-26-20(24)18(4)19-11-9-17(3)10-12-19;1-2(3)4/h9,11,16-19H,10,12-15H2,1-8H3;1H3,(H,3,4). The first-order valence-electron chi connectivity index (χ1n) is 11.3. The number of esters is 2. The molecule has 6 heteroatoms. The van der Waals surface area contributed by atoms with Crippen molar-refractivity contribution in [2.75, 3.05) is 13.2 Å². The van der Waals surface area contributed by atoms with Crippen molar-refractivity contribution in [3.8, 4) is 0 Å². The maximum absolute atomic E-state index is 12.7. The number of aliphatic carboxylic acids is 1. The Bertz CT molecular complexity index is 612. The maximum atomic E-state index is 12.7. The third kappa shape index (κ3) is 11.4. The minimum Gasteiger partial charge on any atom is -0.481 e. The van der Waals surface area contributed by atoms with Crippen LogP contribution in [-0.4, -0.2) is 36.2 Å². The molecule has 0 radical (unpaired) electrons. The second-order valence-electron chi connectivity index (χ2n) is 10.5. The number of rotatable bonds is 8. The molecule has 0 aromatic rings. The first-order chi connectivity index (χ1) is 14.1. The first-order valence-corrected chi connectivity index (χ1v) is 11.3.